The van der Waals surface area contributed by atoms with Crippen LogP contribution in [0.15, 0.2) is 48.5 Å². The molecule has 21 heavy (non-hydrogen) atoms. The number of rotatable bonds is 0. The molecule has 3 heteroatoms. The quantitative estimate of drug-likeness (QED) is 0.687. The summed E-state index contributed by atoms with van der Waals surface area (Å²) >= 11 is 3.92. The third-order valence-electron chi connectivity index (χ3n) is 3.58. The molecule has 0 radical (unpaired) electrons. The molecule has 1 aliphatic heterocycles. The van der Waals surface area contributed by atoms with E-state index in [-0.39, 0.29) is 0 Å². The van der Waals surface area contributed by atoms with Crippen LogP contribution >= 0.6 is 23.5 Å². The van der Waals surface area contributed by atoms with Crippen molar-refractivity contribution < 1.29 is 4.74 Å². The van der Waals surface area contributed by atoms with E-state index in [1.54, 1.807) is 0 Å². The highest BCUT2D eigenvalue weighted by molar-refractivity contribution is 7.98. The molecule has 0 fully saturated rings. The molecule has 0 atom stereocenters. The zero-order valence-corrected chi connectivity index (χ0v) is 13.7. The summed E-state index contributed by atoms with van der Waals surface area (Å²) in [7, 11) is 0. The van der Waals surface area contributed by atoms with Crippen molar-refractivity contribution in [1.82, 2.24) is 0 Å². The molecule has 0 amide bonds. The molecule has 0 saturated heterocycles. The second kappa shape index (κ2) is 7.92. The predicted octanol–water partition coefficient (Wildman–Crippen LogP) is 4.85. The van der Waals surface area contributed by atoms with E-state index < -0.39 is 0 Å². The van der Waals surface area contributed by atoms with Crippen LogP contribution in [0.3, 0.4) is 0 Å². The van der Waals surface area contributed by atoms with Crippen LogP contribution < -0.4 is 0 Å². The van der Waals surface area contributed by atoms with Gasteiger partial charge in [-0.15, -0.1) is 0 Å². The monoisotopic (exact) mass is 316 g/mol. The van der Waals surface area contributed by atoms with Gasteiger partial charge >= 0.3 is 0 Å². The SMILES string of the molecule is c1ccc2c(c1)CSCCOCCSCc1ccccc1-2. The lowest BCUT2D eigenvalue weighted by Crippen LogP contribution is -2.01. The third kappa shape index (κ3) is 4.06. The summed E-state index contributed by atoms with van der Waals surface area (Å²) in [6.07, 6.45) is 0. The smallest absolute Gasteiger partial charge is 0.0557 e. The first-order valence-electron chi connectivity index (χ1n) is 7.34. The van der Waals surface area contributed by atoms with Crippen molar-refractivity contribution in [2.45, 2.75) is 11.5 Å². The van der Waals surface area contributed by atoms with Gasteiger partial charge in [-0.1, -0.05) is 48.5 Å². The Morgan fingerprint density at radius 2 is 1.14 bits per heavy atom. The van der Waals surface area contributed by atoms with Crippen LogP contribution in [0.1, 0.15) is 11.1 Å². The first-order valence-corrected chi connectivity index (χ1v) is 9.65. The number of benzene rings is 2. The molecule has 2 aromatic rings. The van der Waals surface area contributed by atoms with Gasteiger partial charge in [0, 0.05) is 23.0 Å². The Balaban J connectivity index is 1.96. The maximum atomic E-state index is 5.68. The first-order chi connectivity index (χ1) is 10.4. The van der Waals surface area contributed by atoms with Crippen molar-refractivity contribution in [2.24, 2.45) is 0 Å². The van der Waals surface area contributed by atoms with Gasteiger partial charge < -0.3 is 4.74 Å². The second-order valence-corrected chi connectivity index (χ2v) is 7.24. The molecule has 1 heterocycles. The van der Waals surface area contributed by atoms with E-state index in [9.17, 15) is 0 Å². The minimum atomic E-state index is 0.861. The normalized spacial score (nSPS) is 16.8. The fraction of sp³-hybridized carbons (Fsp3) is 0.333. The molecule has 0 aromatic heterocycles. The van der Waals surface area contributed by atoms with Crippen LogP contribution in [0.5, 0.6) is 0 Å². The van der Waals surface area contributed by atoms with Gasteiger partial charge in [0.1, 0.15) is 0 Å². The lowest BCUT2D eigenvalue weighted by molar-refractivity contribution is 0.167. The Morgan fingerprint density at radius 1 is 0.667 bits per heavy atom. The first kappa shape index (κ1) is 15.0. The summed E-state index contributed by atoms with van der Waals surface area (Å²) in [5, 5.41) is 0. The zero-order valence-electron chi connectivity index (χ0n) is 12.1. The van der Waals surface area contributed by atoms with Crippen molar-refractivity contribution >= 4 is 23.5 Å². The van der Waals surface area contributed by atoms with Gasteiger partial charge in [-0.25, -0.2) is 0 Å². The van der Waals surface area contributed by atoms with Crippen LogP contribution in [0.4, 0.5) is 0 Å². The number of hydrogen-bond acceptors (Lipinski definition) is 3. The van der Waals surface area contributed by atoms with Gasteiger partial charge in [0.05, 0.1) is 13.2 Å². The number of hydrogen-bond donors (Lipinski definition) is 0. The van der Waals surface area contributed by atoms with E-state index in [0.29, 0.717) is 0 Å². The van der Waals surface area contributed by atoms with Crippen molar-refractivity contribution in [1.29, 1.82) is 0 Å². The largest absolute Gasteiger partial charge is 0.380 e. The molecule has 110 valence electrons. The number of ether oxygens (including phenoxy) is 1. The van der Waals surface area contributed by atoms with E-state index in [1.807, 2.05) is 23.5 Å². The van der Waals surface area contributed by atoms with Crippen LogP contribution in [-0.2, 0) is 16.2 Å². The molecular weight excluding hydrogens is 296 g/mol. The molecule has 0 bridgehead atoms. The molecule has 0 aliphatic carbocycles. The number of thioether (sulfide) groups is 2. The Hall–Kier alpha value is -0.900. The Bertz CT molecular complexity index is 531. The summed E-state index contributed by atoms with van der Waals surface area (Å²) in [5.74, 6) is 4.25. The minimum absolute atomic E-state index is 0.861. The van der Waals surface area contributed by atoms with Crippen LogP contribution in [0.2, 0.25) is 0 Å². The highest BCUT2D eigenvalue weighted by atomic mass is 32.2. The van der Waals surface area contributed by atoms with E-state index in [0.717, 1.165) is 36.2 Å². The van der Waals surface area contributed by atoms with Crippen molar-refractivity contribution in [2.75, 3.05) is 24.7 Å². The van der Waals surface area contributed by atoms with Gasteiger partial charge in [0.15, 0.2) is 0 Å². The molecule has 0 N–H and O–H groups in total. The summed E-state index contributed by atoms with van der Waals surface area (Å²) < 4.78 is 5.68. The fourth-order valence-electron chi connectivity index (χ4n) is 2.52. The van der Waals surface area contributed by atoms with Crippen LogP contribution in [0, 0.1) is 0 Å². The molecular formula is C18H20OS2. The summed E-state index contributed by atoms with van der Waals surface area (Å²) in [5.41, 5.74) is 5.64. The zero-order chi connectivity index (χ0) is 14.3. The maximum absolute atomic E-state index is 5.68. The van der Waals surface area contributed by atoms with Crippen molar-refractivity contribution in [3.05, 3.63) is 59.7 Å². The fourth-order valence-corrected chi connectivity index (χ4v) is 4.22. The van der Waals surface area contributed by atoms with Gasteiger partial charge in [-0.05, 0) is 22.3 Å². The van der Waals surface area contributed by atoms with Crippen LogP contribution in [-0.4, -0.2) is 24.7 Å². The second-order valence-electron chi connectivity index (χ2n) is 5.03. The van der Waals surface area contributed by atoms with Gasteiger partial charge in [-0.2, -0.15) is 23.5 Å². The Morgan fingerprint density at radius 3 is 1.67 bits per heavy atom. The van der Waals surface area contributed by atoms with Gasteiger partial charge in [0.2, 0.25) is 0 Å². The highest BCUT2D eigenvalue weighted by Crippen LogP contribution is 2.31. The average Bonchev–Trinajstić information content (AvgIpc) is 2.55. The highest BCUT2D eigenvalue weighted by Gasteiger charge is 2.09. The van der Waals surface area contributed by atoms with E-state index in [2.05, 4.69) is 48.5 Å². The summed E-state index contributed by atoms with van der Waals surface area (Å²) in [4.78, 5) is 0. The van der Waals surface area contributed by atoms with E-state index in [1.165, 1.54) is 22.3 Å². The standard InChI is InChI=1S/C18H20OS2/c1-3-7-17-15(5-1)13-20-11-9-19-10-12-21-14-16-6-2-4-8-18(16)17/h1-8H,9-14H2. The minimum Gasteiger partial charge on any atom is -0.380 e. The summed E-state index contributed by atoms with van der Waals surface area (Å²) in [6, 6.07) is 17.6. The van der Waals surface area contributed by atoms with E-state index in [4.69, 9.17) is 4.74 Å². The van der Waals surface area contributed by atoms with Gasteiger partial charge in [-0.3, -0.25) is 0 Å². The molecule has 1 nitrogen and oxygen atoms in total. The van der Waals surface area contributed by atoms with E-state index >= 15 is 0 Å². The third-order valence-corrected chi connectivity index (χ3v) is 5.52. The molecule has 0 unspecified atom stereocenters. The molecule has 0 spiro atoms. The van der Waals surface area contributed by atoms with Gasteiger partial charge in [0.25, 0.3) is 0 Å². The molecule has 3 rings (SSSR count). The lowest BCUT2D eigenvalue weighted by atomic mass is 9.97. The van der Waals surface area contributed by atoms with Crippen LogP contribution in [0.25, 0.3) is 11.1 Å². The Kier molecular flexibility index (Phi) is 5.67. The predicted molar refractivity (Wildman–Crippen MR) is 95.0 cm³/mol. The Labute approximate surface area is 135 Å². The lowest BCUT2D eigenvalue weighted by Gasteiger charge is -2.13. The summed E-state index contributed by atoms with van der Waals surface area (Å²) in [6.45, 7) is 1.72. The topological polar surface area (TPSA) is 9.23 Å². The molecule has 1 aliphatic rings. The van der Waals surface area contributed by atoms with Crippen molar-refractivity contribution in [3.8, 4) is 11.1 Å². The maximum Gasteiger partial charge on any atom is 0.0557 e. The van der Waals surface area contributed by atoms with Crippen molar-refractivity contribution in [3.63, 3.8) is 0 Å². The molecule has 0 saturated carbocycles. The average molecular weight is 316 g/mol. The molecule has 2 aromatic carbocycles. The number of fused-ring (bicyclic) bond motifs is 3.